The van der Waals surface area contributed by atoms with Crippen molar-refractivity contribution in [3.05, 3.63) is 24.3 Å². The van der Waals surface area contributed by atoms with Gasteiger partial charge in [-0.2, -0.15) is 0 Å². The minimum atomic E-state index is -1.47. The van der Waals surface area contributed by atoms with Gasteiger partial charge in [0.25, 0.3) is 0 Å². The fraction of sp³-hybridized carbons (Fsp3) is 0.538. The summed E-state index contributed by atoms with van der Waals surface area (Å²) in [6.45, 7) is -0.503. The van der Waals surface area contributed by atoms with Gasteiger partial charge in [0.15, 0.2) is 11.5 Å². The van der Waals surface area contributed by atoms with Gasteiger partial charge in [-0.05, 0) is 12.1 Å². The van der Waals surface area contributed by atoms with Crippen molar-refractivity contribution in [1.29, 1.82) is 0 Å². The first-order chi connectivity index (χ1) is 9.58. The molecule has 1 aliphatic rings. The van der Waals surface area contributed by atoms with Crippen LogP contribution in [-0.2, 0) is 4.74 Å². The minimum Gasteiger partial charge on any atom is -0.493 e. The van der Waals surface area contributed by atoms with Crippen LogP contribution in [0.15, 0.2) is 24.3 Å². The van der Waals surface area contributed by atoms with E-state index in [1.54, 1.807) is 24.3 Å². The summed E-state index contributed by atoms with van der Waals surface area (Å²) in [7, 11) is 1.47. The predicted molar refractivity (Wildman–Crippen MR) is 67.4 cm³/mol. The van der Waals surface area contributed by atoms with Crippen LogP contribution in [0.4, 0.5) is 0 Å². The molecule has 4 N–H and O–H groups in total. The van der Waals surface area contributed by atoms with Crippen LogP contribution in [-0.4, -0.2) is 64.8 Å². The maximum Gasteiger partial charge on any atom is 0.229 e. The Morgan fingerprint density at radius 1 is 1.05 bits per heavy atom. The van der Waals surface area contributed by atoms with Crippen molar-refractivity contribution in [2.24, 2.45) is 0 Å². The number of benzene rings is 1. The van der Waals surface area contributed by atoms with Gasteiger partial charge in [0.1, 0.15) is 24.4 Å². The highest BCUT2D eigenvalue weighted by Gasteiger charge is 2.44. The van der Waals surface area contributed by atoms with Crippen molar-refractivity contribution >= 4 is 0 Å². The first-order valence-corrected chi connectivity index (χ1v) is 6.18. The zero-order valence-electron chi connectivity index (χ0n) is 10.9. The molecular formula is C13H18O7. The average Bonchev–Trinajstić information content (AvgIpc) is 2.48. The number of para-hydroxylation sites is 2. The lowest BCUT2D eigenvalue weighted by atomic mass is 9.99. The maximum atomic E-state index is 9.86. The van der Waals surface area contributed by atoms with E-state index in [-0.39, 0.29) is 0 Å². The second kappa shape index (κ2) is 6.38. The monoisotopic (exact) mass is 286 g/mol. The summed E-state index contributed by atoms with van der Waals surface area (Å²) in [6, 6.07) is 6.74. The summed E-state index contributed by atoms with van der Waals surface area (Å²) >= 11 is 0. The fourth-order valence-corrected chi connectivity index (χ4v) is 2.01. The van der Waals surface area contributed by atoms with E-state index in [1.807, 2.05) is 0 Å². The van der Waals surface area contributed by atoms with E-state index in [4.69, 9.17) is 19.3 Å². The highest BCUT2D eigenvalue weighted by atomic mass is 16.7. The van der Waals surface area contributed by atoms with E-state index in [0.29, 0.717) is 11.5 Å². The molecule has 0 aliphatic carbocycles. The smallest absolute Gasteiger partial charge is 0.229 e. The first-order valence-electron chi connectivity index (χ1n) is 6.18. The van der Waals surface area contributed by atoms with E-state index in [2.05, 4.69) is 0 Å². The summed E-state index contributed by atoms with van der Waals surface area (Å²) in [5.74, 6) is 0.754. The third kappa shape index (κ3) is 2.87. The highest BCUT2D eigenvalue weighted by molar-refractivity contribution is 5.39. The molecule has 5 atom stereocenters. The Hall–Kier alpha value is -1.38. The molecule has 1 aromatic rings. The Kier molecular flexibility index (Phi) is 4.79. The van der Waals surface area contributed by atoms with Crippen molar-refractivity contribution < 1.29 is 34.6 Å². The van der Waals surface area contributed by atoms with E-state index in [9.17, 15) is 15.3 Å². The quantitative estimate of drug-likeness (QED) is 0.555. The number of ether oxygens (including phenoxy) is 3. The fourth-order valence-electron chi connectivity index (χ4n) is 2.01. The molecule has 7 nitrogen and oxygen atoms in total. The van der Waals surface area contributed by atoms with Gasteiger partial charge in [0.2, 0.25) is 6.29 Å². The van der Waals surface area contributed by atoms with Gasteiger partial charge >= 0.3 is 0 Å². The molecule has 1 saturated heterocycles. The lowest BCUT2D eigenvalue weighted by Crippen LogP contribution is -2.60. The molecule has 1 heterocycles. The van der Waals surface area contributed by atoms with Gasteiger partial charge in [-0.3, -0.25) is 0 Å². The standard InChI is InChI=1S/C13H18O7/c1-18-7-4-2-3-5-8(7)19-13-12(17)11(16)10(15)9(6-14)20-13/h2-5,9-17H,6H2,1H3/t9-,10-,11-,12-,13-/m0/s1. The Morgan fingerprint density at radius 3 is 2.30 bits per heavy atom. The van der Waals surface area contributed by atoms with E-state index < -0.39 is 37.3 Å². The zero-order chi connectivity index (χ0) is 14.7. The van der Waals surface area contributed by atoms with Crippen molar-refractivity contribution in [2.75, 3.05) is 13.7 Å². The Morgan fingerprint density at radius 2 is 1.70 bits per heavy atom. The third-order valence-electron chi connectivity index (χ3n) is 3.16. The van der Waals surface area contributed by atoms with Gasteiger partial charge in [-0.15, -0.1) is 0 Å². The van der Waals surface area contributed by atoms with Crippen LogP contribution in [0.2, 0.25) is 0 Å². The van der Waals surface area contributed by atoms with Crippen LogP contribution in [0.1, 0.15) is 0 Å². The van der Waals surface area contributed by atoms with Gasteiger partial charge in [-0.1, -0.05) is 12.1 Å². The predicted octanol–water partition coefficient (Wildman–Crippen LogP) is -1.13. The summed E-state index contributed by atoms with van der Waals surface area (Å²) in [5.41, 5.74) is 0. The van der Waals surface area contributed by atoms with E-state index in [0.717, 1.165) is 0 Å². The number of hydrogen-bond acceptors (Lipinski definition) is 7. The number of aliphatic hydroxyl groups is 4. The minimum absolute atomic E-state index is 0.319. The molecule has 1 aromatic carbocycles. The number of methoxy groups -OCH3 is 1. The molecule has 0 aromatic heterocycles. The molecule has 1 aliphatic heterocycles. The number of hydrogen-bond donors (Lipinski definition) is 4. The van der Waals surface area contributed by atoms with Gasteiger partial charge in [-0.25, -0.2) is 0 Å². The second-order valence-corrected chi connectivity index (χ2v) is 4.47. The highest BCUT2D eigenvalue weighted by Crippen LogP contribution is 2.30. The second-order valence-electron chi connectivity index (χ2n) is 4.47. The van der Waals surface area contributed by atoms with Gasteiger partial charge in [0, 0.05) is 0 Å². The van der Waals surface area contributed by atoms with Crippen LogP contribution < -0.4 is 9.47 Å². The van der Waals surface area contributed by atoms with Crippen LogP contribution in [0.5, 0.6) is 11.5 Å². The Balaban J connectivity index is 2.15. The lowest BCUT2D eigenvalue weighted by molar-refractivity contribution is -0.277. The van der Waals surface area contributed by atoms with E-state index in [1.165, 1.54) is 7.11 Å². The molecule has 0 spiro atoms. The van der Waals surface area contributed by atoms with Gasteiger partial charge in [0.05, 0.1) is 13.7 Å². The summed E-state index contributed by atoms with van der Waals surface area (Å²) in [5, 5.41) is 38.3. The van der Waals surface area contributed by atoms with Crippen molar-refractivity contribution in [3.63, 3.8) is 0 Å². The zero-order valence-corrected chi connectivity index (χ0v) is 10.9. The van der Waals surface area contributed by atoms with Crippen LogP contribution >= 0.6 is 0 Å². The SMILES string of the molecule is COc1ccccc1O[C@H]1O[C@@H](CO)[C@H](O)[C@H](O)[C@@H]1O. The normalized spacial score (nSPS) is 33.8. The molecule has 0 saturated carbocycles. The molecule has 20 heavy (non-hydrogen) atoms. The van der Waals surface area contributed by atoms with Crippen LogP contribution in [0, 0.1) is 0 Å². The largest absolute Gasteiger partial charge is 0.493 e. The topological polar surface area (TPSA) is 109 Å². The molecule has 7 heteroatoms. The summed E-state index contributed by atoms with van der Waals surface area (Å²) < 4.78 is 15.8. The van der Waals surface area contributed by atoms with Gasteiger partial charge < -0.3 is 34.6 Å². The molecular weight excluding hydrogens is 268 g/mol. The molecule has 0 unspecified atom stereocenters. The Bertz CT molecular complexity index is 436. The lowest BCUT2D eigenvalue weighted by Gasteiger charge is -2.39. The van der Waals surface area contributed by atoms with Crippen molar-refractivity contribution in [1.82, 2.24) is 0 Å². The molecule has 112 valence electrons. The molecule has 0 radical (unpaired) electrons. The number of rotatable bonds is 4. The average molecular weight is 286 g/mol. The first kappa shape index (κ1) is 15.0. The molecule has 0 bridgehead atoms. The van der Waals surface area contributed by atoms with Crippen LogP contribution in [0.25, 0.3) is 0 Å². The maximum absolute atomic E-state index is 9.86. The van der Waals surface area contributed by atoms with E-state index >= 15 is 0 Å². The summed E-state index contributed by atoms with van der Waals surface area (Å²) in [6.07, 6.45) is -6.55. The summed E-state index contributed by atoms with van der Waals surface area (Å²) in [4.78, 5) is 0. The number of aliphatic hydroxyl groups excluding tert-OH is 4. The molecule has 0 amide bonds. The third-order valence-corrected chi connectivity index (χ3v) is 3.16. The van der Waals surface area contributed by atoms with Crippen molar-refractivity contribution in [2.45, 2.75) is 30.7 Å². The molecule has 2 rings (SSSR count). The Labute approximate surface area is 115 Å². The van der Waals surface area contributed by atoms with Crippen LogP contribution in [0.3, 0.4) is 0 Å². The van der Waals surface area contributed by atoms with Crippen molar-refractivity contribution in [3.8, 4) is 11.5 Å². The molecule has 1 fully saturated rings.